The minimum Gasteiger partial charge on any atom is -0.395 e. The van der Waals surface area contributed by atoms with Crippen LogP contribution >= 0.6 is 0 Å². The first-order chi connectivity index (χ1) is 15.6. The molecule has 33 heavy (non-hydrogen) atoms. The first-order valence-corrected chi connectivity index (χ1v) is 10.9. The molecule has 3 heterocycles. The number of hydrogen-bond donors (Lipinski definition) is 4. The summed E-state index contributed by atoms with van der Waals surface area (Å²) < 4.78 is 1.84. The summed E-state index contributed by atoms with van der Waals surface area (Å²) in [6.07, 6.45) is 2.24. The van der Waals surface area contributed by atoms with Crippen LogP contribution in [0.3, 0.4) is 0 Å². The van der Waals surface area contributed by atoms with E-state index in [0.29, 0.717) is 42.5 Å². The molecule has 1 unspecified atom stereocenters. The molecule has 1 aromatic carbocycles. The maximum absolute atomic E-state index is 9.98. The second-order valence-electron chi connectivity index (χ2n) is 9.48. The van der Waals surface area contributed by atoms with Gasteiger partial charge in [-0.15, -0.1) is 0 Å². The minimum atomic E-state index is -0.761. The zero-order valence-electron chi connectivity index (χ0n) is 19.3. The van der Waals surface area contributed by atoms with Crippen molar-refractivity contribution in [2.45, 2.75) is 51.7 Å². The SMILES string of the molecule is Cc1cc(Nc2nccc(-c3cc(C#N)c4c(c3)C(C)(CO)CN4)n2)nn1CCC(C)(C)O. The molecule has 2 aromatic heterocycles. The van der Waals surface area contributed by atoms with E-state index >= 15 is 0 Å². The average Bonchev–Trinajstić information content (AvgIpc) is 3.31. The third-order valence-corrected chi connectivity index (χ3v) is 6.02. The zero-order chi connectivity index (χ0) is 23.8. The summed E-state index contributed by atoms with van der Waals surface area (Å²) in [5.74, 6) is 1.01. The molecular formula is C24H29N7O2. The predicted octanol–water partition coefficient (Wildman–Crippen LogP) is 3.10. The molecule has 1 aliphatic rings. The van der Waals surface area contributed by atoms with E-state index in [1.807, 2.05) is 30.7 Å². The Morgan fingerprint density at radius 3 is 2.82 bits per heavy atom. The summed E-state index contributed by atoms with van der Waals surface area (Å²) in [6, 6.07) is 9.73. The molecule has 172 valence electrons. The molecule has 4 N–H and O–H groups in total. The second kappa shape index (κ2) is 8.46. The fourth-order valence-electron chi connectivity index (χ4n) is 3.94. The number of aromatic nitrogens is 4. The number of anilines is 3. The van der Waals surface area contributed by atoms with Gasteiger partial charge in [0.15, 0.2) is 5.82 Å². The van der Waals surface area contributed by atoms with Crippen molar-refractivity contribution >= 4 is 17.5 Å². The van der Waals surface area contributed by atoms with E-state index in [4.69, 9.17) is 0 Å². The van der Waals surface area contributed by atoms with Crippen LogP contribution < -0.4 is 10.6 Å². The van der Waals surface area contributed by atoms with Gasteiger partial charge in [0, 0.05) is 42.0 Å². The standard InChI is InChI=1S/C24H29N7O2/c1-15-9-20(30-31(15)8-6-23(2,3)33)29-22-26-7-5-19(28-22)16-10-17(12-25)21-18(11-16)24(4,14-32)13-27-21/h5,7,9-11,27,32-33H,6,8,13-14H2,1-4H3,(H,26,28,29,30). The monoisotopic (exact) mass is 447 g/mol. The molecule has 0 amide bonds. The Balaban J connectivity index is 1.61. The molecule has 0 aliphatic carbocycles. The third-order valence-electron chi connectivity index (χ3n) is 6.02. The lowest BCUT2D eigenvalue weighted by Crippen LogP contribution is -2.28. The number of aryl methyl sites for hydroxylation is 2. The topological polar surface area (TPSA) is 132 Å². The van der Waals surface area contributed by atoms with Gasteiger partial charge in [0.1, 0.15) is 6.07 Å². The van der Waals surface area contributed by atoms with E-state index in [1.54, 1.807) is 32.2 Å². The zero-order valence-corrected chi connectivity index (χ0v) is 19.3. The summed E-state index contributed by atoms with van der Waals surface area (Å²) in [7, 11) is 0. The van der Waals surface area contributed by atoms with Crippen LogP contribution in [0.25, 0.3) is 11.3 Å². The predicted molar refractivity (Wildman–Crippen MR) is 126 cm³/mol. The van der Waals surface area contributed by atoms with Crippen molar-refractivity contribution in [2.75, 3.05) is 23.8 Å². The van der Waals surface area contributed by atoms with Crippen molar-refractivity contribution < 1.29 is 10.2 Å². The Hall–Kier alpha value is -3.48. The third kappa shape index (κ3) is 4.67. The Bertz CT molecular complexity index is 1220. The summed E-state index contributed by atoms with van der Waals surface area (Å²) in [5, 5.41) is 40.5. The van der Waals surface area contributed by atoms with E-state index in [0.717, 1.165) is 22.5 Å². The molecule has 0 saturated carbocycles. The maximum Gasteiger partial charge on any atom is 0.228 e. The number of aliphatic hydroxyl groups is 2. The van der Waals surface area contributed by atoms with Gasteiger partial charge in [-0.25, -0.2) is 9.97 Å². The van der Waals surface area contributed by atoms with E-state index in [9.17, 15) is 15.5 Å². The van der Waals surface area contributed by atoms with Crippen molar-refractivity contribution in [1.82, 2.24) is 19.7 Å². The molecule has 0 bridgehead atoms. The molecular weight excluding hydrogens is 418 g/mol. The molecule has 0 fully saturated rings. The molecule has 0 radical (unpaired) electrons. The van der Waals surface area contributed by atoms with E-state index in [-0.39, 0.29) is 6.61 Å². The Labute approximate surface area is 193 Å². The van der Waals surface area contributed by atoms with Crippen molar-refractivity contribution in [3.05, 3.63) is 47.3 Å². The normalized spacial score (nSPS) is 17.4. The van der Waals surface area contributed by atoms with E-state index in [2.05, 4.69) is 31.8 Å². The Morgan fingerprint density at radius 1 is 1.33 bits per heavy atom. The summed E-state index contributed by atoms with van der Waals surface area (Å²) in [6.45, 7) is 8.64. The number of benzene rings is 1. The van der Waals surface area contributed by atoms with Crippen LogP contribution in [0, 0.1) is 18.3 Å². The van der Waals surface area contributed by atoms with Crippen molar-refractivity contribution in [1.29, 1.82) is 5.26 Å². The van der Waals surface area contributed by atoms with Crippen LogP contribution in [-0.2, 0) is 12.0 Å². The van der Waals surface area contributed by atoms with Crippen molar-refractivity contribution in [3.63, 3.8) is 0 Å². The van der Waals surface area contributed by atoms with Crippen LogP contribution in [0.1, 0.15) is 44.0 Å². The number of fused-ring (bicyclic) bond motifs is 1. The van der Waals surface area contributed by atoms with Crippen LogP contribution in [-0.4, -0.2) is 48.7 Å². The quantitative estimate of drug-likeness (QED) is 0.434. The van der Waals surface area contributed by atoms with E-state index in [1.165, 1.54) is 0 Å². The highest BCUT2D eigenvalue weighted by molar-refractivity contribution is 5.76. The highest BCUT2D eigenvalue weighted by Crippen LogP contribution is 2.41. The first-order valence-electron chi connectivity index (χ1n) is 10.9. The Morgan fingerprint density at radius 2 is 2.12 bits per heavy atom. The number of aliphatic hydroxyl groups excluding tert-OH is 1. The van der Waals surface area contributed by atoms with Gasteiger partial charge in [0.2, 0.25) is 5.95 Å². The van der Waals surface area contributed by atoms with Crippen molar-refractivity contribution in [3.8, 4) is 17.3 Å². The molecule has 0 spiro atoms. The van der Waals surface area contributed by atoms with Gasteiger partial charge in [0.25, 0.3) is 0 Å². The van der Waals surface area contributed by atoms with E-state index < -0.39 is 11.0 Å². The largest absolute Gasteiger partial charge is 0.395 e. The number of hydrogen-bond acceptors (Lipinski definition) is 8. The van der Waals surface area contributed by atoms with Gasteiger partial charge < -0.3 is 20.8 Å². The highest BCUT2D eigenvalue weighted by atomic mass is 16.3. The lowest BCUT2D eigenvalue weighted by atomic mass is 9.83. The molecule has 1 atom stereocenters. The van der Waals surface area contributed by atoms with Crippen LogP contribution in [0.5, 0.6) is 0 Å². The highest BCUT2D eigenvalue weighted by Gasteiger charge is 2.36. The smallest absolute Gasteiger partial charge is 0.228 e. The molecule has 9 nitrogen and oxygen atoms in total. The fraction of sp³-hybridized carbons (Fsp3) is 0.417. The molecule has 0 saturated heterocycles. The minimum absolute atomic E-state index is 0.0205. The Kier molecular flexibility index (Phi) is 5.82. The van der Waals surface area contributed by atoms with Crippen LogP contribution in [0.15, 0.2) is 30.5 Å². The first kappa shape index (κ1) is 22.7. The number of nitrogens with one attached hydrogen (secondary N) is 2. The van der Waals surface area contributed by atoms with Crippen LogP contribution in [0.2, 0.25) is 0 Å². The number of rotatable bonds is 7. The van der Waals surface area contributed by atoms with Gasteiger partial charge in [-0.3, -0.25) is 4.68 Å². The average molecular weight is 448 g/mol. The molecule has 3 aromatic rings. The lowest BCUT2D eigenvalue weighted by Gasteiger charge is -2.21. The van der Waals surface area contributed by atoms with Gasteiger partial charge in [-0.1, -0.05) is 6.92 Å². The summed E-state index contributed by atoms with van der Waals surface area (Å²) >= 11 is 0. The molecule has 1 aliphatic heterocycles. The summed E-state index contributed by atoms with van der Waals surface area (Å²) in [5.41, 5.74) is 3.40. The van der Waals surface area contributed by atoms with Gasteiger partial charge in [-0.2, -0.15) is 10.4 Å². The molecule has 9 heteroatoms. The second-order valence-corrected chi connectivity index (χ2v) is 9.48. The van der Waals surface area contributed by atoms with Gasteiger partial charge in [-0.05, 0) is 51.0 Å². The summed E-state index contributed by atoms with van der Waals surface area (Å²) in [4.78, 5) is 8.95. The van der Waals surface area contributed by atoms with Gasteiger partial charge >= 0.3 is 0 Å². The number of nitriles is 1. The maximum atomic E-state index is 9.98. The van der Waals surface area contributed by atoms with Crippen molar-refractivity contribution in [2.24, 2.45) is 0 Å². The van der Waals surface area contributed by atoms with Crippen LogP contribution in [0.4, 0.5) is 17.5 Å². The fourth-order valence-corrected chi connectivity index (χ4v) is 3.94. The lowest BCUT2D eigenvalue weighted by molar-refractivity contribution is 0.0649. The molecule has 4 rings (SSSR count). The van der Waals surface area contributed by atoms with Gasteiger partial charge in [0.05, 0.1) is 29.2 Å². The number of nitrogens with zero attached hydrogens (tertiary/aromatic N) is 5.